The van der Waals surface area contributed by atoms with Gasteiger partial charge in [0, 0.05) is 33.1 Å². The predicted molar refractivity (Wildman–Crippen MR) is 90.3 cm³/mol. The van der Waals surface area contributed by atoms with Crippen molar-refractivity contribution in [1.82, 2.24) is 5.32 Å². The Morgan fingerprint density at radius 1 is 1.24 bits per heavy atom. The van der Waals surface area contributed by atoms with E-state index in [2.05, 4.69) is 19.2 Å². The highest BCUT2D eigenvalue weighted by Crippen LogP contribution is 2.41. The van der Waals surface area contributed by atoms with Crippen LogP contribution in [0.5, 0.6) is 0 Å². The number of benzene rings is 1. The van der Waals surface area contributed by atoms with Gasteiger partial charge >= 0.3 is 0 Å². The summed E-state index contributed by atoms with van der Waals surface area (Å²) < 4.78 is 28.2. The summed E-state index contributed by atoms with van der Waals surface area (Å²) in [5.74, 6) is -0.453. The summed E-state index contributed by atoms with van der Waals surface area (Å²) in [6.45, 7) is 8.78. The van der Waals surface area contributed by atoms with Crippen LogP contribution in [0.4, 0.5) is 8.78 Å². The minimum atomic E-state index is -0.717. The van der Waals surface area contributed by atoms with Gasteiger partial charge in [0.2, 0.25) is 0 Å². The van der Waals surface area contributed by atoms with Crippen LogP contribution in [0, 0.1) is 18.6 Å². The van der Waals surface area contributed by atoms with Crippen molar-refractivity contribution in [3.63, 3.8) is 0 Å². The molecule has 1 N–H and O–H groups in total. The van der Waals surface area contributed by atoms with Gasteiger partial charge in [-0.1, -0.05) is 32.9 Å². The molecule has 1 nitrogen and oxygen atoms in total. The molecule has 21 heavy (non-hydrogen) atoms. The van der Waals surface area contributed by atoms with E-state index in [1.54, 1.807) is 19.1 Å². The SMILES string of the molecule is CCNC(c1ccc(C)c(F)c1F)C1CSC(C)C(C)S1. The molecular formula is C16H23F2NS2. The Morgan fingerprint density at radius 3 is 2.57 bits per heavy atom. The van der Waals surface area contributed by atoms with Crippen LogP contribution in [0.1, 0.15) is 37.9 Å². The minimum Gasteiger partial charge on any atom is -0.309 e. The van der Waals surface area contributed by atoms with Crippen LogP contribution in [0.3, 0.4) is 0 Å². The van der Waals surface area contributed by atoms with E-state index in [1.165, 1.54) is 0 Å². The lowest BCUT2D eigenvalue weighted by atomic mass is 10.0. The number of hydrogen-bond donors (Lipinski definition) is 1. The van der Waals surface area contributed by atoms with Gasteiger partial charge in [-0.15, -0.1) is 0 Å². The van der Waals surface area contributed by atoms with Crippen LogP contribution in [0.15, 0.2) is 12.1 Å². The van der Waals surface area contributed by atoms with Crippen LogP contribution in [0.25, 0.3) is 0 Å². The first-order valence-corrected chi connectivity index (χ1v) is 9.39. The molecule has 0 spiro atoms. The molecule has 1 saturated heterocycles. The van der Waals surface area contributed by atoms with Gasteiger partial charge in [0.05, 0.1) is 0 Å². The molecule has 1 aliphatic rings. The third-order valence-corrected chi connectivity index (χ3v) is 7.50. The Morgan fingerprint density at radius 2 is 1.95 bits per heavy atom. The number of rotatable bonds is 4. The molecule has 1 heterocycles. The highest BCUT2D eigenvalue weighted by Gasteiger charge is 2.33. The number of nitrogens with one attached hydrogen (secondary N) is 1. The molecular weight excluding hydrogens is 308 g/mol. The first-order valence-electron chi connectivity index (χ1n) is 7.40. The molecule has 4 atom stereocenters. The summed E-state index contributed by atoms with van der Waals surface area (Å²) in [6, 6.07) is 3.26. The van der Waals surface area contributed by atoms with Crippen molar-refractivity contribution in [3.05, 3.63) is 34.9 Å². The maximum atomic E-state index is 14.3. The van der Waals surface area contributed by atoms with E-state index in [1.807, 2.05) is 30.4 Å². The Kier molecular flexibility index (Phi) is 5.97. The largest absolute Gasteiger partial charge is 0.309 e. The highest BCUT2D eigenvalue weighted by molar-refractivity contribution is 8.07. The van der Waals surface area contributed by atoms with Gasteiger partial charge in [0.15, 0.2) is 11.6 Å². The lowest BCUT2D eigenvalue weighted by molar-refractivity contribution is 0.461. The van der Waals surface area contributed by atoms with Crippen molar-refractivity contribution in [2.24, 2.45) is 0 Å². The van der Waals surface area contributed by atoms with Crippen LogP contribution < -0.4 is 5.32 Å². The van der Waals surface area contributed by atoms with E-state index in [0.29, 0.717) is 21.6 Å². The number of halogens is 2. The fourth-order valence-corrected chi connectivity index (χ4v) is 5.65. The van der Waals surface area contributed by atoms with Gasteiger partial charge in [-0.2, -0.15) is 23.5 Å². The Balaban J connectivity index is 2.29. The molecule has 1 fully saturated rings. The van der Waals surface area contributed by atoms with Crippen molar-refractivity contribution in [2.75, 3.05) is 12.3 Å². The van der Waals surface area contributed by atoms with E-state index in [0.717, 1.165) is 12.3 Å². The summed E-state index contributed by atoms with van der Waals surface area (Å²) >= 11 is 3.80. The second kappa shape index (κ2) is 7.34. The Labute approximate surface area is 134 Å². The molecule has 5 heteroatoms. The van der Waals surface area contributed by atoms with Crippen LogP contribution in [-0.2, 0) is 0 Å². The summed E-state index contributed by atoms with van der Waals surface area (Å²) in [7, 11) is 0. The second-order valence-corrected chi connectivity index (χ2v) is 8.58. The van der Waals surface area contributed by atoms with E-state index in [9.17, 15) is 8.78 Å². The van der Waals surface area contributed by atoms with E-state index in [-0.39, 0.29) is 11.3 Å². The maximum absolute atomic E-state index is 14.3. The molecule has 1 aliphatic heterocycles. The van der Waals surface area contributed by atoms with Crippen LogP contribution >= 0.6 is 23.5 Å². The van der Waals surface area contributed by atoms with E-state index < -0.39 is 11.6 Å². The van der Waals surface area contributed by atoms with E-state index >= 15 is 0 Å². The third-order valence-electron chi connectivity index (χ3n) is 4.01. The lowest BCUT2D eigenvalue weighted by Gasteiger charge is -2.36. The van der Waals surface area contributed by atoms with Gasteiger partial charge in [-0.3, -0.25) is 0 Å². The highest BCUT2D eigenvalue weighted by atomic mass is 32.2. The maximum Gasteiger partial charge on any atom is 0.163 e. The number of hydrogen-bond acceptors (Lipinski definition) is 3. The molecule has 2 rings (SSSR count). The lowest BCUT2D eigenvalue weighted by Crippen LogP contribution is -2.37. The number of thioether (sulfide) groups is 2. The molecule has 0 saturated carbocycles. The molecule has 118 valence electrons. The first kappa shape index (κ1) is 17.1. The molecule has 0 amide bonds. The zero-order valence-corrected chi connectivity index (χ0v) is 14.6. The average molecular weight is 331 g/mol. The van der Waals surface area contributed by atoms with Crippen LogP contribution in [0.2, 0.25) is 0 Å². The molecule has 1 aromatic rings. The van der Waals surface area contributed by atoms with Gasteiger partial charge in [0.25, 0.3) is 0 Å². The molecule has 4 unspecified atom stereocenters. The Hall–Kier alpha value is -0.260. The standard InChI is InChI=1S/C16H23F2NS2/c1-5-19-16(13-8-20-10(3)11(4)21-13)12-7-6-9(2)14(17)15(12)18/h6-7,10-11,13,16,19H,5,8H2,1-4H3. The molecule has 0 aliphatic carbocycles. The van der Waals surface area contributed by atoms with Crippen molar-refractivity contribution in [2.45, 2.75) is 49.5 Å². The summed E-state index contributed by atoms with van der Waals surface area (Å²) in [5.41, 5.74) is 0.818. The van der Waals surface area contributed by atoms with Crippen molar-refractivity contribution >= 4 is 23.5 Å². The average Bonchev–Trinajstić information content (AvgIpc) is 2.46. The van der Waals surface area contributed by atoms with Crippen LogP contribution in [-0.4, -0.2) is 28.0 Å². The smallest absolute Gasteiger partial charge is 0.163 e. The fraction of sp³-hybridized carbons (Fsp3) is 0.625. The van der Waals surface area contributed by atoms with Crippen molar-refractivity contribution < 1.29 is 8.78 Å². The zero-order chi connectivity index (χ0) is 15.6. The zero-order valence-electron chi connectivity index (χ0n) is 13.0. The van der Waals surface area contributed by atoms with Crippen molar-refractivity contribution in [1.29, 1.82) is 0 Å². The molecule has 0 bridgehead atoms. The van der Waals surface area contributed by atoms with Gasteiger partial charge in [0.1, 0.15) is 0 Å². The number of aryl methyl sites for hydroxylation is 1. The summed E-state index contributed by atoms with van der Waals surface area (Å²) in [6.07, 6.45) is 0. The van der Waals surface area contributed by atoms with E-state index in [4.69, 9.17) is 0 Å². The third kappa shape index (κ3) is 3.74. The monoisotopic (exact) mass is 331 g/mol. The molecule has 1 aromatic carbocycles. The minimum absolute atomic E-state index is 0.141. The topological polar surface area (TPSA) is 12.0 Å². The first-order chi connectivity index (χ1) is 9.95. The molecule has 0 aromatic heterocycles. The molecule has 0 radical (unpaired) electrons. The summed E-state index contributed by atoms with van der Waals surface area (Å²) in [4.78, 5) is 0. The van der Waals surface area contributed by atoms with Gasteiger partial charge in [-0.05, 0) is 19.0 Å². The van der Waals surface area contributed by atoms with Gasteiger partial charge in [-0.25, -0.2) is 8.78 Å². The second-order valence-electron chi connectivity index (χ2n) is 5.55. The van der Waals surface area contributed by atoms with Crippen molar-refractivity contribution in [3.8, 4) is 0 Å². The Bertz CT molecular complexity index is 495. The fourth-order valence-electron chi connectivity index (χ4n) is 2.55. The predicted octanol–water partition coefficient (Wildman–Crippen LogP) is 4.55. The van der Waals surface area contributed by atoms with Gasteiger partial charge < -0.3 is 5.32 Å². The normalized spacial score (nSPS) is 27.6. The summed E-state index contributed by atoms with van der Waals surface area (Å²) in [5, 5.41) is 4.74. The quantitative estimate of drug-likeness (QED) is 0.869.